The predicted molar refractivity (Wildman–Crippen MR) is 139 cm³/mol. The first-order valence-electron chi connectivity index (χ1n) is 9.60. The second kappa shape index (κ2) is 16.8. The number of amides is 1. The lowest BCUT2D eigenvalue weighted by molar-refractivity contribution is -0.145. The van der Waals surface area contributed by atoms with Gasteiger partial charge >= 0.3 is 42.9 Å². The number of nitrogens with one attached hydrogen (secondary N) is 1. The standard InChI is InChI=1S/C10H8F3NO3S.C8H9N.C2F4O3S.CH2Cl2/c1-2-7-3-5-8(6-4-7)14-9(15)10(11,12)18(13,16)17;1-2-7-3-5-8(9)6-4-7;3-1(7)2(4,5)10(6,8)9;2-1-3/h2-6H,1H2,(H,14,15);2-6H,1,9H2;;1H2. The number of alkyl halides is 6. The molecule has 0 radical (unpaired) electrons. The van der Waals surface area contributed by atoms with E-state index in [1.54, 1.807) is 11.4 Å². The highest BCUT2D eigenvalue weighted by Crippen LogP contribution is 2.26. The molecule has 0 saturated heterocycles. The van der Waals surface area contributed by atoms with Gasteiger partial charge in [-0.15, -0.1) is 23.2 Å². The van der Waals surface area contributed by atoms with Crippen molar-refractivity contribution in [1.29, 1.82) is 0 Å². The molecule has 0 heterocycles. The van der Waals surface area contributed by atoms with Crippen LogP contribution in [0.4, 0.5) is 41.1 Å². The molecule has 2 rings (SSSR count). The molecule has 19 heteroatoms. The molecule has 0 unspecified atom stereocenters. The second-order valence-electron chi connectivity index (χ2n) is 6.44. The predicted octanol–water partition coefficient (Wildman–Crippen LogP) is 5.87. The monoisotopic (exact) mass is 662 g/mol. The van der Waals surface area contributed by atoms with Crippen molar-refractivity contribution in [3.63, 3.8) is 0 Å². The van der Waals surface area contributed by atoms with Crippen LogP contribution in [0.15, 0.2) is 61.7 Å². The van der Waals surface area contributed by atoms with E-state index in [0.29, 0.717) is 5.56 Å². The molecule has 3 N–H and O–H groups in total. The fraction of sp³-hybridized carbons (Fsp3) is 0.143. The quantitative estimate of drug-likeness (QED) is 0.164. The summed E-state index contributed by atoms with van der Waals surface area (Å²) in [7, 11) is -12.8. The van der Waals surface area contributed by atoms with E-state index >= 15 is 0 Å². The van der Waals surface area contributed by atoms with Crippen LogP contribution < -0.4 is 11.1 Å². The SMILES string of the molecule is C=Cc1ccc(N)cc1.C=Cc1ccc(NC(=O)C(F)(F)S(=O)(=O)F)cc1.ClCCl.O=C(F)C(F)(F)S(=O)(=O)F. The summed E-state index contributed by atoms with van der Waals surface area (Å²) < 4.78 is 121. The highest BCUT2D eigenvalue weighted by molar-refractivity contribution is 7.88. The van der Waals surface area contributed by atoms with E-state index in [1.807, 2.05) is 24.3 Å². The van der Waals surface area contributed by atoms with Crippen molar-refractivity contribution >= 4 is 79.1 Å². The van der Waals surface area contributed by atoms with E-state index in [4.69, 9.17) is 33.7 Å². The molecule has 0 aliphatic carbocycles. The number of hydrogen-bond acceptors (Lipinski definition) is 7. The van der Waals surface area contributed by atoms with Crippen LogP contribution in [0.1, 0.15) is 11.1 Å². The van der Waals surface area contributed by atoms with Crippen LogP contribution >= 0.6 is 23.2 Å². The maximum absolute atomic E-state index is 12.8. The first-order chi connectivity index (χ1) is 18.1. The highest BCUT2D eigenvalue weighted by atomic mass is 35.5. The Morgan fingerprint density at radius 1 is 0.800 bits per heavy atom. The molecule has 0 atom stereocenters. The van der Waals surface area contributed by atoms with Gasteiger partial charge in [-0.2, -0.15) is 38.8 Å². The molecule has 0 bridgehead atoms. The largest absolute Gasteiger partial charge is 0.463 e. The Balaban J connectivity index is 0. The number of rotatable bonds is 7. The molecule has 40 heavy (non-hydrogen) atoms. The number of carbonyl (C=O) groups excluding carboxylic acids is 2. The zero-order valence-electron chi connectivity index (χ0n) is 19.6. The molecule has 0 fully saturated rings. The van der Waals surface area contributed by atoms with Crippen molar-refractivity contribution in [2.45, 2.75) is 10.5 Å². The lowest BCUT2D eigenvalue weighted by Crippen LogP contribution is -2.39. The number of benzene rings is 2. The Hall–Kier alpha value is -3.15. The maximum atomic E-state index is 12.8. The highest BCUT2D eigenvalue weighted by Gasteiger charge is 2.55. The summed E-state index contributed by atoms with van der Waals surface area (Å²) in [5.74, 6) is -2.25. The van der Waals surface area contributed by atoms with E-state index < -0.39 is 42.9 Å². The van der Waals surface area contributed by atoms with Crippen molar-refractivity contribution in [2.75, 3.05) is 16.4 Å². The van der Waals surface area contributed by atoms with Gasteiger partial charge in [0, 0.05) is 11.4 Å². The zero-order chi connectivity index (χ0) is 31.9. The minimum absolute atomic E-state index is 0.0890. The third-order valence-corrected chi connectivity index (χ3v) is 5.25. The average Bonchev–Trinajstić information content (AvgIpc) is 2.85. The molecule has 0 spiro atoms. The average molecular weight is 663 g/mol. The number of nitrogens with two attached hydrogens (primary N) is 1. The molecule has 0 saturated carbocycles. The fourth-order valence-electron chi connectivity index (χ4n) is 1.75. The van der Waals surface area contributed by atoms with Gasteiger partial charge in [0.1, 0.15) is 0 Å². The van der Waals surface area contributed by atoms with Gasteiger partial charge in [0.05, 0.1) is 5.34 Å². The maximum Gasteiger partial charge on any atom is 0.463 e. The molecule has 224 valence electrons. The molecule has 0 aliphatic heterocycles. The number of hydrogen-bond donors (Lipinski definition) is 2. The number of anilines is 2. The van der Waals surface area contributed by atoms with Crippen LogP contribution in [-0.2, 0) is 30.0 Å². The Bertz CT molecular complexity index is 1360. The van der Waals surface area contributed by atoms with E-state index in [9.17, 15) is 51.4 Å². The first-order valence-corrected chi connectivity index (χ1v) is 13.4. The Morgan fingerprint density at radius 2 is 1.12 bits per heavy atom. The Labute approximate surface area is 234 Å². The van der Waals surface area contributed by atoms with Gasteiger partial charge in [-0.1, -0.05) is 57.3 Å². The van der Waals surface area contributed by atoms with Gasteiger partial charge in [-0.05, 0) is 35.4 Å². The van der Waals surface area contributed by atoms with Crippen molar-refractivity contribution in [1.82, 2.24) is 0 Å². The van der Waals surface area contributed by atoms with E-state index in [0.717, 1.165) is 11.3 Å². The van der Waals surface area contributed by atoms with Crippen molar-refractivity contribution in [2.24, 2.45) is 0 Å². The summed E-state index contributed by atoms with van der Waals surface area (Å²) in [6.45, 7) is 7.08. The Kier molecular flexibility index (Phi) is 16.4. The lowest BCUT2D eigenvalue weighted by Gasteiger charge is -2.11. The molecular weight excluding hydrogens is 644 g/mol. The topological polar surface area (TPSA) is 140 Å². The zero-order valence-corrected chi connectivity index (χ0v) is 22.8. The van der Waals surface area contributed by atoms with E-state index in [1.165, 1.54) is 30.3 Å². The van der Waals surface area contributed by atoms with Crippen LogP contribution in [0.5, 0.6) is 0 Å². The van der Waals surface area contributed by atoms with Gasteiger partial charge in [0.25, 0.3) is 0 Å². The van der Waals surface area contributed by atoms with Gasteiger partial charge in [0.2, 0.25) is 0 Å². The minimum atomic E-state index is -6.46. The third-order valence-electron chi connectivity index (χ3n) is 3.68. The molecule has 0 aromatic heterocycles. The van der Waals surface area contributed by atoms with Crippen LogP contribution in [0.3, 0.4) is 0 Å². The smallest absolute Gasteiger partial charge is 0.399 e. The second-order valence-corrected chi connectivity index (χ2v) is 10.0. The summed E-state index contributed by atoms with van der Waals surface area (Å²) in [5.41, 5.74) is 7.92. The fourth-order valence-corrected chi connectivity index (χ4v) is 2.21. The third kappa shape index (κ3) is 13.3. The number of halogens is 9. The summed E-state index contributed by atoms with van der Waals surface area (Å²) in [6, 6.07) is 9.44. The first kappa shape index (κ1) is 39.0. The normalized spacial score (nSPS) is 11.1. The van der Waals surface area contributed by atoms with Crippen molar-refractivity contribution < 1.29 is 56.1 Å². The molecular formula is C21H19Cl2F7N2O6S2. The van der Waals surface area contributed by atoms with Crippen LogP contribution in [0.2, 0.25) is 0 Å². The summed E-state index contributed by atoms with van der Waals surface area (Å²) in [5, 5.41) is -8.89. The minimum Gasteiger partial charge on any atom is -0.399 e. The van der Waals surface area contributed by atoms with Crippen molar-refractivity contribution in [3.8, 4) is 0 Å². The van der Waals surface area contributed by atoms with Gasteiger partial charge in [-0.25, -0.2) is 0 Å². The molecule has 0 aliphatic rings. The van der Waals surface area contributed by atoms with E-state index in [2.05, 4.69) is 13.2 Å². The summed E-state index contributed by atoms with van der Waals surface area (Å²) >= 11 is 9.53. The lowest BCUT2D eigenvalue weighted by atomic mass is 10.2. The Morgan fingerprint density at radius 3 is 1.38 bits per heavy atom. The van der Waals surface area contributed by atoms with Gasteiger partial charge in [0.15, 0.2) is 0 Å². The molecule has 1 amide bonds. The molecule has 2 aromatic carbocycles. The summed E-state index contributed by atoms with van der Waals surface area (Å²) in [6.07, 6.45) is 3.27. The molecule has 2 aromatic rings. The number of carbonyl (C=O) groups is 2. The van der Waals surface area contributed by atoms with Crippen LogP contribution in [0.25, 0.3) is 12.2 Å². The van der Waals surface area contributed by atoms with Gasteiger partial charge < -0.3 is 11.1 Å². The number of nitrogen functional groups attached to an aromatic ring is 1. The van der Waals surface area contributed by atoms with Crippen molar-refractivity contribution in [3.05, 3.63) is 72.8 Å². The summed E-state index contributed by atoms with van der Waals surface area (Å²) in [4.78, 5) is 20.0. The van der Waals surface area contributed by atoms with Crippen LogP contribution in [-0.4, -0.2) is 44.6 Å². The van der Waals surface area contributed by atoms with E-state index in [-0.39, 0.29) is 11.0 Å². The van der Waals surface area contributed by atoms with Crippen LogP contribution in [0, 0.1) is 0 Å². The van der Waals surface area contributed by atoms with Gasteiger partial charge in [-0.3, -0.25) is 9.59 Å². The molecule has 8 nitrogen and oxygen atoms in total.